The zero-order chi connectivity index (χ0) is 11.5. The highest BCUT2D eigenvalue weighted by molar-refractivity contribution is 8.11. The van der Waals surface area contributed by atoms with Crippen molar-refractivity contribution in [2.24, 2.45) is 0 Å². The molecule has 0 N–H and O–H groups in total. The Morgan fingerprint density at radius 2 is 1.67 bits per heavy atom. The summed E-state index contributed by atoms with van der Waals surface area (Å²) < 4.78 is 46.6. The lowest BCUT2D eigenvalue weighted by Gasteiger charge is -2.20. The molecule has 1 aliphatic rings. The normalized spacial score (nSPS) is 19.5. The van der Waals surface area contributed by atoms with Crippen molar-refractivity contribution in [2.45, 2.75) is 12.8 Å². The van der Waals surface area contributed by atoms with E-state index in [1.807, 2.05) is 4.90 Å². The molecule has 0 aromatic rings. The smallest absolute Gasteiger partial charge is 0.0842 e. The summed E-state index contributed by atoms with van der Waals surface area (Å²) in [5, 5.41) is 0. The molecule has 0 aromatic heterocycles. The SMILES string of the molecule is CS(=O)(=O)[N-]S(=O)(=O)CCN1CCCC1. The molecule has 1 aliphatic heterocycles. The summed E-state index contributed by atoms with van der Waals surface area (Å²) in [5.74, 6) is -0.222. The van der Waals surface area contributed by atoms with Crippen LogP contribution in [0.4, 0.5) is 0 Å². The van der Waals surface area contributed by atoms with Gasteiger partial charge in [-0.1, -0.05) is 0 Å². The third-order valence-corrected chi connectivity index (χ3v) is 4.80. The van der Waals surface area contributed by atoms with E-state index < -0.39 is 20.0 Å². The van der Waals surface area contributed by atoms with E-state index in [-0.39, 0.29) is 5.75 Å². The monoisotopic (exact) mass is 255 g/mol. The van der Waals surface area contributed by atoms with Crippen LogP contribution in [0, 0.1) is 0 Å². The van der Waals surface area contributed by atoms with E-state index in [0.717, 1.165) is 32.2 Å². The molecule has 0 unspecified atom stereocenters. The fourth-order valence-corrected chi connectivity index (χ4v) is 3.93. The van der Waals surface area contributed by atoms with Crippen molar-refractivity contribution in [2.75, 3.05) is 31.6 Å². The van der Waals surface area contributed by atoms with Crippen molar-refractivity contribution in [3.05, 3.63) is 4.13 Å². The summed E-state index contributed by atoms with van der Waals surface area (Å²) in [5.41, 5.74) is 0. The van der Waals surface area contributed by atoms with Gasteiger partial charge >= 0.3 is 0 Å². The van der Waals surface area contributed by atoms with Gasteiger partial charge in [-0.25, -0.2) is 16.8 Å². The lowest BCUT2D eigenvalue weighted by Crippen LogP contribution is -2.26. The molecule has 0 aromatic carbocycles. The van der Waals surface area contributed by atoms with Crippen LogP contribution >= 0.6 is 0 Å². The van der Waals surface area contributed by atoms with Crippen LogP contribution in [0.2, 0.25) is 0 Å². The van der Waals surface area contributed by atoms with Gasteiger partial charge < -0.3 is 9.03 Å². The third kappa shape index (κ3) is 5.45. The lowest BCUT2D eigenvalue weighted by molar-refractivity contribution is 0.359. The molecule has 8 heteroatoms. The fourth-order valence-electron chi connectivity index (χ4n) is 1.49. The van der Waals surface area contributed by atoms with Gasteiger partial charge in [-0.2, -0.15) is 0 Å². The Hall–Kier alpha value is -0.180. The van der Waals surface area contributed by atoms with Crippen LogP contribution in [-0.4, -0.2) is 53.4 Å². The Labute approximate surface area is 90.8 Å². The maximum atomic E-state index is 11.2. The van der Waals surface area contributed by atoms with Crippen LogP contribution in [0.1, 0.15) is 12.8 Å². The summed E-state index contributed by atoms with van der Waals surface area (Å²) in [4.78, 5) is 2.00. The van der Waals surface area contributed by atoms with Gasteiger partial charge in [-0.3, -0.25) is 0 Å². The highest BCUT2D eigenvalue weighted by Gasteiger charge is 2.13. The quantitative estimate of drug-likeness (QED) is 0.676. The van der Waals surface area contributed by atoms with E-state index in [4.69, 9.17) is 0 Å². The molecule has 1 heterocycles. The molecule has 1 rings (SSSR count). The molecular weight excluding hydrogens is 240 g/mol. The van der Waals surface area contributed by atoms with Crippen LogP contribution in [0.5, 0.6) is 0 Å². The standard InChI is InChI=1S/C7H15N2O4S2/c1-14(10,11)8-15(12,13)7-6-9-4-2-3-5-9/h2-7H2,1H3/q-1. The zero-order valence-electron chi connectivity index (χ0n) is 8.59. The molecule has 0 atom stereocenters. The highest BCUT2D eigenvalue weighted by atomic mass is 32.3. The van der Waals surface area contributed by atoms with Crippen molar-refractivity contribution in [1.82, 2.24) is 4.90 Å². The first kappa shape index (κ1) is 12.9. The Morgan fingerprint density at radius 1 is 1.13 bits per heavy atom. The molecular formula is C7H15N2O4S2-. The topological polar surface area (TPSA) is 85.6 Å². The van der Waals surface area contributed by atoms with E-state index in [1.54, 1.807) is 0 Å². The van der Waals surface area contributed by atoms with Crippen molar-refractivity contribution in [3.8, 4) is 0 Å². The summed E-state index contributed by atoms with van der Waals surface area (Å²) in [6.45, 7) is 2.13. The average Bonchev–Trinajstić information content (AvgIpc) is 2.47. The predicted octanol–water partition coefficient (Wildman–Crippen LogP) is -0.255. The first-order valence-corrected chi connectivity index (χ1v) is 8.13. The van der Waals surface area contributed by atoms with E-state index in [2.05, 4.69) is 4.13 Å². The van der Waals surface area contributed by atoms with E-state index in [0.29, 0.717) is 6.54 Å². The molecule has 15 heavy (non-hydrogen) atoms. The zero-order valence-corrected chi connectivity index (χ0v) is 10.2. The van der Waals surface area contributed by atoms with Crippen molar-refractivity contribution in [3.63, 3.8) is 0 Å². The first-order chi connectivity index (χ1) is 6.79. The molecule has 0 radical (unpaired) electrons. The first-order valence-electron chi connectivity index (χ1n) is 4.68. The third-order valence-electron chi connectivity index (χ3n) is 2.11. The number of rotatable bonds is 5. The van der Waals surface area contributed by atoms with Crippen LogP contribution < -0.4 is 0 Å². The maximum absolute atomic E-state index is 11.2. The predicted molar refractivity (Wildman–Crippen MR) is 57.7 cm³/mol. The van der Waals surface area contributed by atoms with Gasteiger partial charge in [-0.05, 0) is 25.9 Å². The summed E-state index contributed by atoms with van der Waals surface area (Å²) in [6.07, 6.45) is 2.92. The lowest BCUT2D eigenvalue weighted by atomic mass is 10.4. The largest absolute Gasteiger partial charge is 0.436 e. The van der Waals surface area contributed by atoms with Crippen LogP contribution in [0.15, 0.2) is 0 Å². The second kappa shape index (κ2) is 4.77. The van der Waals surface area contributed by atoms with Crippen molar-refractivity contribution in [1.29, 1.82) is 0 Å². The second-order valence-corrected chi connectivity index (χ2v) is 7.28. The number of likely N-dealkylation sites (tertiary alicyclic amines) is 1. The minimum atomic E-state index is -3.83. The Morgan fingerprint density at radius 3 is 2.13 bits per heavy atom. The molecule has 6 nitrogen and oxygen atoms in total. The minimum absolute atomic E-state index is 0.222. The summed E-state index contributed by atoms with van der Waals surface area (Å²) in [6, 6.07) is 0. The van der Waals surface area contributed by atoms with E-state index in [9.17, 15) is 16.8 Å². The number of hydrogen-bond donors (Lipinski definition) is 0. The Kier molecular flexibility index (Phi) is 4.10. The van der Waals surface area contributed by atoms with E-state index in [1.165, 1.54) is 0 Å². The molecule has 0 saturated carbocycles. The molecule has 0 aliphatic carbocycles. The van der Waals surface area contributed by atoms with Gasteiger partial charge in [-0.15, -0.1) is 0 Å². The van der Waals surface area contributed by atoms with Gasteiger partial charge in [0.25, 0.3) is 0 Å². The highest BCUT2D eigenvalue weighted by Crippen LogP contribution is 2.11. The summed E-state index contributed by atoms with van der Waals surface area (Å²) in [7, 11) is -7.64. The van der Waals surface area contributed by atoms with Gasteiger partial charge in [0.05, 0.1) is 20.0 Å². The maximum Gasteiger partial charge on any atom is 0.0842 e. The van der Waals surface area contributed by atoms with E-state index >= 15 is 0 Å². The Bertz CT molecular complexity index is 395. The van der Waals surface area contributed by atoms with Gasteiger partial charge in [0.15, 0.2) is 0 Å². The molecule has 90 valence electrons. The molecule has 1 saturated heterocycles. The molecule has 1 fully saturated rings. The number of nitrogens with zero attached hydrogens (tertiary/aromatic N) is 2. The summed E-state index contributed by atoms with van der Waals surface area (Å²) >= 11 is 0. The van der Waals surface area contributed by atoms with Gasteiger partial charge in [0.1, 0.15) is 0 Å². The number of hydrogen-bond acceptors (Lipinski definition) is 5. The second-order valence-electron chi connectivity index (χ2n) is 3.64. The molecule has 0 amide bonds. The van der Waals surface area contributed by atoms with Crippen LogP contribution in [0.25, 0.3) is 4.13 Å². The van der Waals surface area contributed by atoms with Gasteiger partial charge in [0.2, 0.25) is 0 Å². The van der Waals surface area contributed by atoms with Gasteiger partial charge in [0, 0.05) is 18.6 Å². The van der Waals surface area contributed by atoms with Crippen molar-refractivity contribution < 1.29 is 16.8 Å². The average molecular weight is 255 g/mol. The van der Waals surface area contributed by atoms with Crippen LogP contribution in [0.3, 0.4) is 0 Å². The Balaban J connectivity index is 2.42. The molecule has 0 spiro atoms. The van der Waals surface area contributed by atoms with Crippen molar-refractivity contribution >= 4 is 20.0 Å². The van der Waals surface area contributed by atoms with Crippen LogP contribution in [-0.2, 0) is 20.0 Å². The minimum Gasteiger partial charge on any atom is -0.436 e. The molecule has 0 bridgehead atoms. The number of sulfonamides is 2. The fraction of sp³-hybridized carbons (Fsp3) is 1.00.